The predicted molar refractivity (Wildman–Crippen MR) is 116 cm³/mol. The Bertz CT molecular complexity index is 986. The van der Waals surface area contributed by atoms with Crippen molar-refractivity contribution in [1.82, 2.24) is 25.0 Å². The molecule has 31 heavy (non-hydrogen) atoms. The minimum atomic E-state index is -0.118. The summed E-state index contributed by atoms with van der Waals surface area (Å²) in [5.74, 6) is -0.118. The number of hydrogen-bond acceptors (Lipinski definition) is 5. The number of aromatic nitrogens is 3. The summed E-state index contributed by atoms with van der Waals surface area (Å²) in [4.78, 5) is 18.8. The standard InChI is InChI=1S/C23H25N5O2.ClH/c29-22(25-11-12-27-13-15-30-16-14-27)9-8-20-18-28(21-6-2-1-3-7-21)26-23(20)19-5-4-10-24-17-19;/h1-10,17-18H,11-16H2,(H,25,29);1H/p-1/b9-8+;. The molecule has 7 nitrogen and oxygen atoms in total. The third kappa shape index (κ3) is 6.24. The van der Waals surface area contributed by atoms with Gasteiger partial charge in [-0.05, 0) is 30.3 Å². The lowest BCUT2D eigenvalue weighted by atomic mass is 10.1. The van der Waals surface area contributed by atoms with Crippen LogP contribution in [0.2, 0.25) is 0 Å². The Hall–Kier alpha value is -3.00. The van der Waals surface area contributed by atoms with Crippen molar-refractivity contribution in [2.24, 2.45) is 0 Å². The van der Waals surface area contributed by atoms with Crippen molar-refractivity contribution in [1.29, 1.82) is 0 Å². The molecular formula is C23H25ClN5O2-. The van der Waals surface area contributed by atoms with Gasteiger partial charge in [-0.2, -0.15) is 5.10 Å². The molecule has 1 amide bonds. The van der Waals surface area contributed by atoms with Gasteiger partial charge in [0.2, 0.25) is 5.91 Å². The van der Waals surface area contributed by atoms with E-state index in [1.54, 1.807) is 24.5 Å². The van der Waals surface area contributed by atoms with Crippen molar-refractivity contribution in [2.75, 3.05) is 39.4 Å². The molecule has 1 aliphatic heterocycles. The molecule has 0 bridgehead atoms. The summed E-state index contributed by atoms with van der Waals surface area (Å²) >= 11 is 0. The number of nitrogens with zero attached hydrogens (tertiary/aromatic N) is 4. The van der Waals surface area contributed by atoms with Gasteiger partial charge in [0.15, 0.2) is 0 Å². The van der Waals surface area contributed by atoms with E-state index in [0.29, 0.717) is 6.54 Å². The van der Waals surface area contributed by atoms with E-state index in [2.05, 4.69) is 15.2 Å². The monoisotopic (exact) mass is 438 g/mol. The number of morpholine rings is 1. The summed E-state index contributed by atoms with van der Waals surface area (Å²) in [7, 11) is 0. The number of nitrogens with one attached hydrogen (secondary N) is 1. The number of carbonyl (C=O) groups is 1. The Kier molecular flexibility index (Phi) is 8.35. The van der Waals surface area contributed by atoms with Gasteiger partial charge in [0.1, 0.15) is 5.69 Å². The summed E-state index contributed by atoms with van der Waals surface area (Å²) in [6.07, 6.45) is 8.80. The topological polar surface area (TPSA) is 72.3 Å². The minimum absolute atomic E-state index is 0. The van der Waals surface area contributed by atoms with Gasteiger partial charge >= 0.3 is 0 Å². The zero-order valence-electron chi connectivity index (χ0n) is 17.2. The van der Waals surface area contributed by atoms with Gasteiger partial charge in [0.25, 0.3) is 0 Å². The van der Waals surface area contributed by atoms with E-state index in [4.69, 9.17) is 9.84 Å². The normalized spacial score (nSPS) is 14.3. The summed E-state index contributed by atoms with van der Waals surface area (Å²) < 4.78 is 7.16. The summed E-state index contributed by atoms with van der Waals surface area (Å²) in [5.41, 5.74) is 3.50. The molecule has 8 heteroatoms. The van der Waals surface area contributed by atoms with Crippen molar-refractivity contribution >= 4 is 12.0 Å². The van der Waals surface area contributed by atoms with E-state index in [9.17, 15) is 4.79 Å². The lowest BCUT2D eigenvalue weighted by Gasteiger charge is -2.26. The highest BCUT2D eigenvalue weighted by molar-refractivity contribution is 5.92. The Morgan fingerprint density at radius 2 is 1.94 bits per heavy atom. The van der Waals surface area contributed by atoms with E-state index >= 15 is 0 Å². The smallest absolute Gasteiger partial charge is 0.244 e. The van der Waals surface area contributed by atoms with Crippen LogP contribution in [0, 0.1) is 0 Å². The van der Waals surface area contributed by atoms with Gasteiger partial charge in [0.05, 0.1) is 18.9 Å². The van der Waals surface area contributed by atoms with Crippen molar-refractivity contribution in [2.45, 2.75) is 0 Å². The van der Waals surface area contributed by atoms with Crippen LogP contribution in [-0.4, -0.2) is 65.0 Å². The Labute approximate surface area is 188 Å². The first kappa shape index (κ1) is 22.7. The molecule has 1 saturated heterocycles. The van der Waals surface area contributed by atoms with Crippen molar-refractivity contribution < 1.29 is 21.9 Å². The van der Waals surface area contributed by atoms with Crippen LogP contribution in [0.3, 0.4) is 0 Å². The van der Waals surface area contributed by atoms with E-state index in [1.807, 2.05) is 53.3 Å². The summed E-state index contributed by atoms with van der Waals surface area (Å²) in [6.45, 7) is 4.79. The van der Waals surface area contributed by atoms with Crippen LogP contribution in [0.5, 0.6) is 0 Å². The van der Waals surface area contributed by atoms with Crippen LogP contribution in [-0.2, 0) is 9.53 Å². The number of halogens is 1. The molecule has 4 rings (SSSR count). The Morgan fingerprint density at radius 3 is 2.68 bits per heavy atom. The average Bonchev–Trinajstić information content (AvgIpc) is 3.24. The largest absolute Gasteiger partial charge is 1.00 e. The minimum Gasteiger partial charge on any atom is -1.00 e. The van der Waals surface area contributed by atoms with Gasteiger partial charge < -0.3 is 22.5 Å². The van der Waals surface area contributed by atoms with Crippen LogP contribution in [0.15, 0.2) is 67.1 Å². The molecule has 3 heterocycles. The molecule has 162 valence electrons. The van der Waals surface area contributed by atoms with E-state index in [0.717, 1.165) is 55.4 Å². The highest BCUT2D eigenvalue weighted by atomic mass is 35.5. The number of pyridine rings is 1. The maximum atomic E-state index is 12.3. The molecule has 3 aromatic rings. The van der Waals surface area contributed by atoms with E-state index in [-0.39, 0.29) is 18.3 Å². The second-order valence-electron chi connectivity index (χ2n) is 7.03. The van der Waals surface area contributed by atoms with Crippen LogP contribution in [0.1, 0.15) is 5.56 Å². The van der Waals surface area contributed by atoms with Crippen molar-refractivity contribution in [3.05, 3.63) is 72.7 Å². The first-order valence-corrected chi connectivity index (χ1v) is 10.1. The van der Waals surface area contributed by atoms with Crippen molar-refractivity contribution in [3.63, 3.8) is 0 Å². The first-order chi connectivity index (χ1) is 14.8. The molecule has 0 saturated carbocycles. The molecule has 0 atom stereocenters. The molecule has 1 N–H and O–H groups in total. The summed E-state index contributed by atoms with van der Waals surface area (Å²) in [6, 6.07) is 13.7. The third-order valence-electron chi connectivity index (χ3n) is 4.94. The maximum absolute atomic E-state index is 12.3. The van der Waals surface area contributed by atoms with Crippen LogP contribution >= 0.6 is 0 Å². The molecule has 1 aliphatic rings. The van der Waals surface area contributed by atoms with Gasteiger partial charge in [0, 0.05) is 62.0 Å². The molecule has 1 aromatic carbocycles. The molecule has 0 spiro atoms. The molecule has 2 aromatic heterocycles. The second kappa shape index (κ2) is 11.4. The van der Waals surface area contributed by atoms with Crippen LogP contribution in [0.25, 0.3) is 23.0 Å². The number of rotatable bonds is 7. The van der Waals surface area contributed by atoms with Crippen LogP contribution in [0.4, 0.5) is 0 Å². The van der Waals surface area contributed by atoms with Gasteiger partial charge in [-0.25, -0.2) is 4.68 Å². The number of para-hydroxylation sites is 1. The second-order valence-corrected chi connectivity index (χ2v) is 7.03. The predicted octanol–water partition coefficient (Wildman–Crippen LogP) is -0.600. The zero-order valence-corrected chi connectivity index (χ0v) is 17.9. The zero-order chi connectivity index (χ0) is 20.6. The number of amides is 1. The fraction of sp³-hybridized carbons (Fsp3) is 0.261. The third-order valence-corrected chi connectivity index (χ3v) is 4.94. The highest BCUT2D eigenvalue weighted by Crippen LogP contribution is 2.24. The number of ether oxygens (including phenoxy) is 1. The van der Waals surface area contributed by atoms with Crippen LogP contribution < -0.4 is 17.7 Å². The fourth-order valence-corrected chi connectivity index (χ4v) is 3.34. The van der Waals surface area contributed by atoms with Gasteiger partial charge in [-0.15, -0.1) is 0 Å². The van der Waals surface area contributed by atoms with E-state index < -0.39 is 0 Å². The molecular weight excluding hydrogens is 414 g/mol. The Morgan fingerprint density at radius 1 is 1.13 bits per heavy atom. The molecule has 1 fully saturated rings. The molecule has 0 unspecified atom stereocenters. The molecule has 0 aliphatic carbocycles. The number of benzene rings is 1. The SMILES string of the molecule is O=C(/C=C/c1cn(-c2ccccc2)nc1-c1cccnc1)NCCN1CCOCC1.[Cl-]. The lowest BCUT2D eigenvalue weighted by molar-refractivity contribution is -0.116. The number of hydrogen-bond donors (Lipinski definition) is 1. The van der Waals surface area contributed by atoms with Gasteiger partial charge in [-0.3, -0.25) is 14.7 Å². The highest BCUT2D eigenvalue weighted by Gasteiger charge is 2.12. The van der Waals surface area contributed by atoms with Gasteiger partial charge in [-0.1, -0.05) is 18.2 Å². The lowest BCUT2D eigenvalue weighted by Crippen LogP contribution is -3.00. The van der Waals surface area contributed by atoms with Crippen molar-refractivity contribution in [3.8, 4) is 16.9 Å². The maximum Gasteiger partial charge on any atom is 0.244 e. The van der Waals surface area contributed by atoms with E-state index in [1.165, 1.54) is 0 Å². The first-order valence-electron chi connectivity index (χ1n) is 10.1. The Balaban J connectivity index is 0.00000272. The fourth-order valence-electron chi connectivity index (χ4n) is 3.34. The number of carbonyl (C=O) groups excluding carboxylic acids is 1. The molecule has 0 radical (unpaired) electrons. The summed E-state index contributed by atoms with van der Waals surface area (Å²) in [5, 5.41) is 7.68. The average molecular weight is 439 g/mol. The quantitative estimate of drug-likeness (QED) is 0.499.